The number of rotatable bonds is 4. The van der Waals surface area contributed by atoms with Gasteiger partial charge in [0.2, 0.25) is 0 Å². The number of ether oxygens (including phenoxy) is 2. The highest BCUT2D eigenvalue weighted by molar-refractivity contribution is 5.64. The summed E-state index contributed by atoms with van der Waals surface area (Å²) in [4.78, 5) is 0. The first-order chi connectivity index (χ1) is 11.2. The summed E-state index contributed by atoms with van der Waals surface area (Å²) in [5, 5.41) is 0. The van der Waals surface area contributed by atoms with Gasteiger partial charge >= 0.3 is 0 Å². The summed E-state index contributed by atoms with van der Waals surface area (Å²) in [6.07, 6.45) is 0. The van der Waals surface area contributed by atoms with Crippen molar-refractivity contribution in [3.8, 4) is 28.4 Å². The van der Waals surface area contributed by atoms with Crippen molar-refractivity contribution in [2.45, 2.75) is 13.8 Å². The number of aryl methyl sites for hydroxylation is 2. The lowest BCUT2D eigenvalue weighted by molar-refractivity contribution is 0.412. The number of benzene rings is 3. The highest BCUT2D eigenvalue weighted by Gasteiger charge is 2.04. The first kappa shape index (κ1) is 15.2. The van der Waals surface area contributed by atoms with Gasteiger partial charge in [-0.05, 0) is 60.9 Å². The number of methoxy groups -OCH3 is 1. The Labute approximate surface area is 137 Å². The van der Waals surface area contributed by atoms with Crippen molar-refractivity contribution in [2.75, 3.05) is 7.11 Å². The first-order valence-corrected chi connectivity index (χ1v) is 7.65. The Bertz CT molecular complexity index is 787. The van der Waals surface area contributed by atoms with Crippen LogP contribution in [-0.4, -0.2) is 7.11 Å². The van der Waals surface area contributed by atoms with Crippen molar-refractivity contribution in [3.63, 3.8) is 0 Å². The van der Waals surface area contributed by atoms with Crippen LogP contribution in [0.4, 0.5) is 0 Å². The molecule has 3 aromatic carbocycles. The van der Waals surface area contributed by atoms with Gasteiger partial charge in [0.25, 0.3) is 0 Å². The second kappa shape index (κ2) is 6.57. The fourth-order valence-electron chi connectivity index (χ4n) is 2.45. The van der Waals surface area contributed by atoms with Gasteiger partial charge in [0.1, 0.15) is 17.2 Å². The maximum atomic E-state index is 5.96. The molecule has 0 amide bonds. The average Bonchev–Trinajstić information content (AvgIpc) is 2.58. The maximum Gasteiger partial charge on any atom is 0.130 e. The zero-order valence-electron chi connectivity index (χ0n) is 13.7. The zero-order chi connectivity index (χ0) is 16.2. The van der Waals surface area contributed by atoms with Gasteiger partial charge in [0.15, 0.2) is 0 Å². The molecule has 0 bridgehead atoms. The lowest BCUT2D eigenvalue weighted by Crippen LogP contribution is -1.89. The Kier molecular flexibility index (Phi) is 4.33. The normalized spacial score (nSPS) is 10.4. The van der Waals surface area contributed by atoms with Crippen LogP contribution in [0.3, 0.4) is 0 Å². The van der Waals surface area contributed by atoms with E-state index in [4.69, 9.17) is 9.47 Å². The van der Waals surface area contributed by atoms with Gasteiger partial charge in [-0.25, -0.2) is 0 Å². The molecule has 0 unspecified atom stereocenters. The van der Waals surface area contributed by atoms with E-state index in [1.54, 1.807) is 7.11 Å². The van der Waals surface area contributed by atoms with Gasteiger partial charge < -0.3 is 9.47 Å². The van der Waals surface area contributed by atoms with Crippen LogP contribution in [0.2, 0.25) is 0 Å². The van der Waals surface area contributed by atoms with E-state index in [2.05, 4.69) is 43.3 Å². The molecule has 0 aliphatic heterocycles. The van der Waals surface area contributed by atoms with Gasteiger partial charge in [0.05, 0.1) is 7.11 Å². The summed E-state index contributed by atoms with van der Waals surface area (Å²) >= 11 is 0. The Morgan fingerprint density at radius 2 is 1.22 bits per heavy atom. The summed E-state index contributed by atoms with van der Waals surface area (Å²) < 4.78 is 11.2. The maximum absolute atomic E-state index is 5.96. The fraction of sp³-hybridized carbons (Fsp3) is 0.143. The third kappa shape index (κ3) is 3.54. The zero-order valence-corrected chi connectivity index (χ0v) is 13.7. The van der Waals surface area contributed by atoms with Crippen LogP contribution in [0.15, 0.2) is 66.7 Å². The van der Waals surface area contributed by atoms with E-state index < -0.39 is 0 Å². The largest absolute Gasteiger partial charge is 0.497 e. The topological polar surface area (TPSA) is 18.5 Å². The SMILES string of the molecule is COc1ccc(Oc2ccc(-c3ccc(C)cc3)cc2)c(C)c1. The Morgan fingerprint density at radius 3 is 1.78 bits per heavy atom. The molecule has 2 heteroatoms. The van der Waals surface area contributed by atoms with Gasteiger partial charge in [-0.15, -0.1) is 0 Å². The van der Waals surface area contributed by atoms with Crippen LogP contribution in [-0.2, 0) is 0 Å². The summed E-state index contributed by atoms with van der Waals surface area (Å²) in [6.45, 7) is 4.11. The average molecular weight is 304 g/mol. The van der Waals surface area contributed by atoms with E-state index in [1.165, 1.54) is 16.7 Å². The van der Waals surface area contributed by atoms with E-state index in [9.17, 15) is 0 Å². The predicted molar refractivity (Wildman–Crippen MR) is 94.4 cm³/mol. The molecule has 0 atom stereocenters. The monoisotopic (exact) mass is 304 g/mol. The minimum Gasteiger partial charge on any atom is -0.497 e. The van der Waals surface area contributed by atoms with Crippen molar-refractivity contribution in [2.24, 2.45) is 0 Å². The molecule has 2 nitrogen and oxygen atoms in total. The van der Waals surface area contributed by atoms with Crippen LogP contribution in [0.5, 0.6) is 17.2 Å². The van der Waals surface area contributed by atoms with Crippen molar-refractivity contribution >= 4 is 0 Å². The van der Waals surface area contributed by atoms with Crippen LogP contribution in [0.1, 0.15) is 11.1 Å². The summed E-state index contributed by atoms with van der Waals surface area (Å²) in [5.74, 6) is 2.51. The van der Waals surface area contributed by atoms with Crippen LogP contribution < -0.4 is 9.47 Å². The molecule has 3 aromatic rings. The highest BCUT2D eigenvalue weighted by Crippen LogP contribution is 2.29. The Balaban J connectivity index is 1.78. The smallest absolute Gasteiger partial charge is 0.130 e. The summed E-state index contributed by atoms with van der Waals surface area (Å²) in [6, 6.07) is 22.5. The molecule has 0 spiro atoms. The Morgan fingerprint density at radius 1 is 0.652 bits per heavy atom. The molecule has 0 aliphatic rings. The van der Waals surface area contributed by atoms with Crippen molar-refractivity contribution in [1.29, 1.82) is 0 Å². The molecule has 0 aromatic heterocycles. The lowest BCUT2D eigenvalue weighted by Gasteiger charge is -2.11. The molecule has 0 fully saturated rings. The summed E-state index contributed by atoms with van der Waals surface area (Å²) in [5.41, 5.74) is 4.71. The van der Waals surface area contributed by atoms with Crippen LogP contribution >= 0.6 is 0 Å². The molecule has 0 saturated heterocycles. The third-order valence-electron chi connectivity index (χ3n) is 3.85. The van der Waals surface area contributed by atoms with Crippen molar-refractivity contribution in [3.05, 3.63) is 77.9 Å². The van der Waals surface area contributed by atoms with Gasteiger partial charge in [-0.2, -0.15) is 0 Å². The molecule has 23 heavy (non-hydrogen) atoms. The van der Waals surface area contributed by atoms with E-state index in [1.807, 2.05) is 37.3 Å². The highest BCUT2D eigenvalue weighted by atomic mass is 16.5. The molecule has 3 rings (SSSR count). The third-order valence-corrected chi connectivity index (χ3v) is 3.85. The Hall–Kier alpha value is -2.74. The molecule has 116 valence electrons. The van der Waals surface area contributed by atoms with E-state index in [0.717, 1.165) is 22.8 Å². The standard InChI is InChI=1S/C21H20O2/c1-15-4-6-17(7-5-15)18-8-10-19(11-9-18)23-21-13-12-20(22-3)14-16(21)2/h4-14H,1-3H3. The quantitative estimate of drug-likeness (QED) is 0.609. The van der Waals surface area contributed by atoms with E-state index in [-0.39, 0.29) is 0 Å². The minimum absolute atomic E-state index is 0.828. The van der Waals surface area contributed by atoms with Gasteiger partial charge in [0, 0.05) is 0 Å². The van der Waals surface area contributed by atoms with Crippen molar-refractivity contribution < 1.29 is 9.47 Å². The molecule has 0 aliphatic carbocycles. The fourth-order valence-corrected chi connectivity index (χ4v) is 2.45. The van der Waals surface area contributed by atoms with E-state index in [0.29, 0.717) is 0 Å². The molecule has 0 N–H and O–H groups in total. The van der Waals surface area contributed by atoms with Crippen molar-refractivity contribution in [1.82, 2.24) is 0 Å². The molecular weight excluding hydrogens is 284 g/mol. The second-order valence-corrected chi connectivity index (χ2v) is 5.62. The minimum atomic E-state index is 0.828. The second-order valence-electron chi connectivity index (χ2n) is 5.62. The number of hydrogen-bond acceptors (Lipinski definition) is 2. The lowest BCUT2D eigenvalue weighted by atomic mass is 10.0. The van der Waals surface area contributed by atoms with E-state index >= 15 is 0 Å². The van der Waals surface area contributed by atoms with Gasteiger partial charge in [-0.3, -0.25) is 0 Å². The molecule has 0 heterocycles. The molecule has 0 radical (unpaired) electrons. The molecular formula is C21H20O2. The number of hydrogen-bond donors (Lipinski definition) is 0. The van der Waals surface area contributed by atoms with Gasteiger partial charge in [-0.1, -0.05) is 42.0 Å². The first-order valence-electron chi connectivity index (χ1n) is 7.65. The molecule has 0 saturated carbocycles. The predicted octanol–water partition coefficient (Wildman–Crippen LogP) is 5.77. The van der Waals surface area contributed by atoms with Crippen LogP contribution in [0.25, 0.3) is 11.1 Å². The van der Waals surface area contributed by atoms with Crippen LogP contribution in [0, 0.1) is 13.8 Å². The summed E-state index contributed by atoms with van der Waals surface area (Å²) in [7, 11) is 1.67.